The molecule has 2 nitrogen and oxygen atoms in total. The largest absolute Gasteiger partial charge is 0.550 e. The van der Waals surface area contributed by atoms with Crippen molar-refractivity contribution in [3.05, 3.63) is 0 Å². The number of carboxylic acids is 1. The maximum Gasteiger partial charge on any atom is 0.460 e. The van der Waals surface area contributed by atoms with Crippen molar-refractivity contribution in [1.29, 1.82) is 0 Å². The van der Waals surface area contributed by atoms with E-state index in [2.05, 4.69) is 0 Å². The summed E-state index contributed by atoms with van der Waals surface area (Å²) in [6.45, 7) is 0. The van der Waals surface area contributed by atoms with Crippen LogP contribution in [0.15, 0.2) is 0 Å². The molecular weight excluding hydrogens is 387 g/mol. The van der Waals surface area contributed by atoms with Crippen LogP contribution >= 0.6 is 0 Å². The molecule has 0 saturated heterocycles. The predicted molar refractivity (Wildman–Crippen MR) is 45.0 cm³/mol. The molecule has 15 heteroatoms. The number of carboxylic acid groups (broad SMARTS) is 1. The monoisotopic (exact) mass is 391 g/mol. The molecule has 0 aromatic carbocycles. The summed E-state index contributed by atoms with van der Waals surface area (Å²) in [4.78, 5) is 9.82. The predicted octanol–water partition coefficient (Wildman–Crippen LogP) is 3.26. The van der Waals surface area contributed by atoms with Crippen LogP contribution in [0.25, 0.3) is 0 Å². The molecule has 0 heterocycles. The Hall–Kier alpha value is -1.44. The number of aliphatic carboxylic acids is 1. The van der Waals surface area contributed by atoms with Crippen molar-refractivity contribution in [2.45, 2.75) is 48.6 Å². The highest BCUT2D eigenvalue weighted by atomic mass is 19.4. The first-order chi connectivity index (χ1) is 10.2. The van der Waals surface area contributed by atoms with Gasteiger partial charge < -0.3 is 9.90 Å². The van der Waals surface area contributed by atoms with Gasteiger partial charge in [0, 0.05) is 12.4 Å². The number of halogens is 13. The second-order valence-corrected chi connectivity index (χ2v) is 4.37. The molecule has 24 heavy (non-hydrogen) atoms. The highest BCUT2D eigenvalue weighted by Crippen LogP contribution is 2.60. The molecule has 0 fully saturated rings. The van der Waals surface area contributed by atoms with Crippen LogP contribution in [0.4, 0.5) is 57.1 Å². The molecule has 0 aliphatic rings. The van der Waals surface area contributed by atoms with Crippen LogP contribution in [0.5, 0.6) is 0 Å². The summed E-state index contributed by atoms with van der Waals surface area (Å²) in [6.07, 6.45) is -12.4. The van der Waals surface area contributed by atoms with Gasteiger partial charge in [-0.25, -0.2) is 0 Å². The Balaban J connectivity index is 6.05. The molecule has 0 saturated carbocycles. The summed E-state index contributed by atoms with van der Waals surface area (Å²) in [5, 5.41) is 9.82. The van der Waals surface area contributed by atoms with Gasteiger partial charge in [-0.1, -0.05) is 0 Å². The van der Waals surface area contributed by atoms with Gasteiger partial charge in [0.25, 0.3) is 0 Å². The normalized spacial score (nSPS) is 15.5. The van der Waals surface area contributed by atoms with E-state index in [1.807, 2.05) is 0 Å². The molecule has 0 unspecified atom stereocenters. The molecule has 0 aromatic rings. The summed E-state index contributed by atoms with van der Waals surface area (Å²) in [5.41, 5.74) is 0. The Bertz CT molecular complexity index is 478. The van der Waals surface area contributed by atoms with E-state index in [0.29, 0.717) is 0 Å². The van der Waals surface area contributed by atoms with Crippen LogP contribution < -0.4 is 5.11 Å². The lowest BCUT2D eigenvalue weighted by molar-refractivity contribution is -0.440. The fourth-order valence-electron chi connectivity index (χ4n) is 1.22. The van der Waals surface area contributed by atoms with Crippen molar-refractivity contribution < 1.29 is 67.0 Å². The van der Waals surface area contributed by atoms with E-state index in [4.69, 9.17) is 0 Å². The van der Waals surface area contributed by atoms with Crippen molar-refractivity contribution >= 4 is 5.97 Å². The SMILES string of the molecule is O=C([O-])CCC(F)(F)C(F)(F)C(F)(F)C(F)(F)C(F)(F)C(F)(F)F. The molecule has 0 radical (unpaired) electrons. The summed E-state index contributed by atoms with van der Waals surface area (Å²) >= 11 is 0. The highest BCUT2D eigenvalue weighted by molar-refractivity contribution is 5.64. The Morgan fingerprint density at radius 1 is 0.625 bits per heavy atom. The van der Waals surface area contributed by atoms with Gasteiger partial charge in [0.1, 0.15) is 0 Å². The molecule has 0 bridgehead atoms. The molecule has 0 aliphatic carbocycles. The molecule has 0 aromatic heterocycles. The van der Waals surface area contributed by atoms with Gasteiger partial charge in [-0.05, 0) is 6.42 Å². The minimum absolute atomic E-state index is 2.10. The van der Waals surface area contributed by atoms with Crippen LogP contribution in [0, 0.1) is 0 Å². The van der Waals surface area contributed by atoms with E-state index in [1.165, 1.54) is 0 Å². The first-order valence-corrected chi connectivity index (χ1v) is 5.32. The summed E-state index contributed by atoms with van der Waals surface area (Å²) < 4.78 is 163. The highest BCUT2D eigenvalue weighted by Gasteiger charge is 2.90. The zero-order chi connectivity index (χ0) is 20.0. The van der Waals surface area contributed by atoms with Crippen molar-refractivity contribution in [2.75, 3.05) is 0 Å². The van der Waals surface area contributed by atoms with Crippen LogP contribution in [-0.4, -0.2) is 41.8 Å². The summed E-state index contributed by atoms with van der Waals surface area (Å²) in [7, 11) is 0. The Morgan fingerprint density at radius 3 is 1.25 bits per heavy atom. The van der Waals surface area contributed by atoms with Crippen LogP contribution in [0.2, 0.25) is 0 Å². The maximum atomic E-state index is 12.9. The van der Waals surface area contributed by atoms with Crippen molar-refractivity contribution in [1.82, 2.24) is 0 Å². The summed E-state index contributed by atoms with van der Waals surface area (Å²) in [5.74, 6) is -40.0. The molecule has 144 valence electrons. The fourth-order valence-corrected chi connectivity index (χ4v) is 1.22. The average Bonchev–Trinajstić information content (AvgIpc) is 2.34. The van der Waals surface area contributed by atoms with Crippen LogP contribution in [0.3, 0.4) is 0 Å². The zero-order valence-electron chi connectivity index (χ0n) is 10.6. The van der Waals surface area contributed by atoms with E-state index in [-0.39, 0.29) is 0 Å². The minimum atomic E-state index is -7.98. The third kappa shape index (κ3) is 3.20. The quantitative estimate of drug-likeness (QED) is 0.626. The number of rotatable bonds is 7. The number of hydrogen-bond donors (Lipinski definition) is 0. The van der Waals surface area contributed by atoms with Gasteiger partial charge in [-0.15, -0.1) is 0 Å². The van der Waals surface area contributed by atoms with Crippen molar-refractivity contribution in [3.8, 4) is 0 Å². The van der Waals surface area contributed by atoms with Gasteiger partial charge in [0.2, 0.25) is 0 Å². The Kier molecular flexibility index (Phi) is 5.47. The zero-order valence-corrected chi connectivity index (χ0v) is 10.6. The van der Waals surface area contributed by atoms with E-state index in [9.17, 15) is 67.0 Å². The lowest BCUT2D eigenvalue weighted by Crippen LogP contribution is -2.70. The van der Waals surface area contributed by atoms with Crippen molar-refractivity contribution in [2.24, 2.45) is 0 Å². The number of hydrogen-bond acceptors (Lipinski definition) is 2. The molecule has 0 rings (SSSR count). The van der Waals surface area contributed by atoms with Crippen molar-refractivity contribution in [3.63, 3.8) is 0 Å². The van der Waals surface area contributed by atoms with Gasteiger partial charge in [-0.3, -0.25) is 0 Å². The van der Waals surface area contributed by atoms with E-state index < -0.39 is 54.6 Å². The van der Waals surface area contributed by atoms with Gasteiger partial charge in [0.05, 0.1) is 0 Å². The Labute approximate surface area is 123 Å². The van der Waals surface area contributed by atoms with Crippen LogP contribution in [0.1, 0.15) is 12.8 Å². The molecule has 0 atom stereocenters. The standard InChI is InChI=1S/C9H5F13O2/c10-4(11,2-1-3(23)24)5(12,13)6(14,15)7(16,17)8(18,19)9(20,21)22/h1-2H2,(H,23,24)/p-1. The van der Waals surface area contributed by atoms with E-state index in [1.54, 1.807) is 0 Å². The summed E-state index contributed by atoms with van der Waals surface area (Å²) in [6, 6.07) is 0. The minimum Gasteiger partial charge on any atom is -0.550 e. The molecule has 0 amide bonds. The van der Waals surface area contributed by atoms with Crippen LogP contribution in [-0.2, 0) is 4.79 Å². The van der Waals surface area contributed by atoms with E-state index in [0.717, 1.165) is 0 Å². The Morgan fingerprint density at radius 2 is 0.958 bits per heavy atom. The second kappa shape index (κ2) is 5.82. The first-order valence-electron chi connectivity index (χ1n) is 5.32. The molecule has 0 aliphatic heterocycles. The third-order valence-electron chi connectivity index (χ3n) is 2.64. The third-order valence-corrected chi connectivity index (χ3v) is 2.64. The lowest BCUT2D eigenvalue weighted by atomic mass is 9.92. The number of carbonyl (C=O) groups excluding carboxylic acids is 1. The van der Waals surface area contributed by atoms with Gasteiger partial charge in [-0.2, -0.15) is 57.1 Å². The fraction of sp³-hybridized carbons (Fsp3) is 0.889. The van der Waals surface area contributed by atoms with E-state index >= 15 is 0 Å². The lowest BCUT2D eigenvalue weighted by Gasteiger charge is -2.39. The smallest absolute Gasteiger partial charge is 0.460 e. The first kappa shape index (κ1) is 22.6. The van der Waals surface area contributed by atoms with Gasteiger partial charge in [0.15, 0.2) is 0 Å². The number of alkyl halides is 13. The maximum absolute atomic E-state index is 12.9. The molecular formula is C9H4F13O2-. The van der Waals surface area contributed by atoms with Gasteiger partial charge >= 0.3 is 35.8 Å². The molecule has 0 spiro atoms. The number of carbonyl (C=O) groups is 1. The second-order valence-electron chi connectivity index (χ2n) is 4.37. The topological polar surface area (TPSA) is 40.1 Å². The average molecular weight is 391 g/mol. The molecule has 0 N–H and O–H groups in total.